The number of nitrogens with zero attached hydrogens (tertiary/aromatic N) is 5. The molecular formula is C37H25N5. The summed E-state index contributed by atoms with van der Waals surface area (Å²) < 4.78 is 0. The minimum atomic E-state index is 0.634. The van der Waals surface area contributed by atoms with Gasteiger partial charge in [-0.25, -0.2) is 15.0 Å². The molecule has 0 saturated heterocycles. The van der Waals surface area contributed by atoms with Gasteiger partial charge in [0.25, 0.3) is 0 Å². The summed E-state index contributed by atoms with van der Waals surface area (Å²) in [4.78, 5) is 23.2. The topological polar surface area (TPSA) is 64.5 Å². The third kappa shape index (κ3) is 5.31. The Balaban J connectivity index is 1.31. The third-order valence-corrected chi connectivity index (χ3v) is 7.10. The van der Waals surface area contributed by atoms with E-state index < -0.39 is 0 Å². The standard InChI is InChI=1S/C37H25N5/c1-3-9-27(10-4-1)35-40-36(28-11-5-2-6-12-28)42-37(41-35)29-17-15-26(16-18-29)32-21-33(30-13-7-19-38-24-30)23-34(22-32)31-14-8-20-39-25-31/h1-25H. The van der Waals surface area contributed by atoms with Crippen LogP contribution in [0.3, 0.4) is 0 Å². The lowest BCUT2D eigenvalue weighted by Crippen LogP contribution is -2.00. The summed E-state index contributed by atoms with van der Waals surface area (Å²) in [6.07, 6.45) is 7.37. The summed E-state index contributed by atoms with van der Waals surface area (Å²) in [6.45, 7) is 0. The molecule has 7 aromatic rings. The number of rotatable bonds is 6. The highest BCUT2D eigenvalue weighted by atomic mass is 15.0. The van der Waals surface area contributed by atoms with Crippen molar-refractivity contribution in [3.63, 3.8) is 0 Å². The fourth-order valence-electron chi connectivity index (χ4n) is 4.94. The first-order chi connectivity index (χ1) is 20.8. The minimum absolute atomic E-state index is 0.634. The van der Waals surface area contributed by atoms with Crippen LogP contribution in [0.4, 0.5) is 0 Å². The van der Waals surface area contributed by atoms with E-state index in [1.54, 1.807) is 12.4 Å². The Labute approximate surface area is 244 Å². The monoisotopic (exact) mass is 539 g/mol. The van der Waals surface area contributed by atoms with Gasteiger partial charge < -0.3 is 0 Å². The summed E-state index contributed by atoms with van der Waals surface area (Å²) in [6, 6.07) is 43.1. The highest BCUT2D eigenvalue weighted by Crippen LogP contribution is 2.33. The van der Waals surface area contributed by atoms with E-state index in [2.05, 4.69) is 64.6 Å². The molecule has 0 spiro atoms. The van der Waals surface area contributed by atoms with Crippen molar-refractivity contribution < 1.29 is 0 Å². The number of hydrogen-bond donors (Lipinski definition) is 0. The molecule has 0 aliphatic heterocycles. The van der Waals surface area contributed by atoms with Crippen LogP contribution < -0.4 is 0 Å². The molecule has 0 bridgehead atoms. The van der Waals surface area contributed by atoms with Crippen LogP contribution in [0.5, 0.6) is 0 Å². The SMILES string of the molecule is c1ccc(-c2nc(-c3ccccc3)nc(-c3ccc(-c4cc(-c5cccnc5)cc(-c5cccnc5)c4)cc3)n2)cc1. The number of pyridine rings is 2. The van der Waals surface area contributed by atoms with Gasteiger partial charge in [-0.05, 0) is 52.6 Å². The molecule has 198 valence electrons. The number of benzene rings is 4. The summed E-state index contributed by atoms with van der Waals surface area (Å²) in [5.41, 5.74) is 9.34. The molecule has 3 aromatic heterocycles. The highest BCUT2D eigenvalue weighted by molar-refractivity contribution is 5.81. The second-order valence-corrected chi connectivity index (χ2v) is 9.90. The molecule has 42 heavy (non-hydrogen) atoms. The van der Waals surface area contributed by atoms with E-state index >= 15 is 0 Å². The van der Waals surface area contributed by atoms with Crippen molar-refractivity contribution in [2.24, 2.45) is 0 Å². The zero-order valence-corrected chi connectivity index (χ0v) is 22.7. The van der Waals surface area contributed by atoms with Crippen molar-refractivity contribution in [2.75, 3.05) is 0 Å². The lowest BCUT2D eigenvalue weighted by atomic mass is 9.94. The highest BCUT2D eigenvalue weighted by Gasteiger charge is 2.13. The van der Waals surface area contributed by atoms with E-state index in [0.717, 1.165) is 50.1 Å². The van der Waals surface area contributed by atoms with Gasteiger partial charge in [-0.15, -0.1) is 0 Å². The second-order valence-electron chi connectivity index (χ2n) is 9.90. The number of aromatic nitrogens is 5. The second kappa shape index (κ2) is 11.4. The maximum atomic E-state index is 4.87. The Hall–Kier alpha value is -5.81. The lowest BCUT2D eigenvalue weighted by Gasteiger charge is -2.12. The first kappa shape index (κ1) is 25.2. The molecule has 0 fully saturated rings. The average Bonchev–Trinajstić information content (AvgIpc) is 3.09. The van der Waals surface area contributed by atoms with Gasteiger partial charge in [0, 0.05) is 52.6 Å². The third-order valence-electron chi connectivity index (χ3n) is 7.10. The van der Waals surface area contributed by atoms with Gasteiger partial charge in [0.2, 0.25) is 0 Å². The first-order valence-corrected chi connectivity index (χ1v) is 13.7. The van der Waals surface area contributed by atoms with Crippen molar-refractivity contribution in [3.05, 3.63) is 152 Å². The summed E-state index contributed by atoms with van der Waals surface area (Å²) in [5, 5.41) is 0. The molecular weight excluding hydrogens is 514 g/mol. The van der Waals surface area contributed by atoms with Gasteiger partial charge in [0.05, 0.1) is 0 Å². The first-order valence-electron chi connectivity index (χ1n) is 13.7. The summed E-state index contributed by atoms with van der Waals surface area (Å²) in [7, 11) is 0. The Bertz CT molecular complexity index is 1680. The van der Waals surface area contributed by atoms with Crippen LogP contribution in [-0.2, 0) is 0 Å². The van der Waals surface area contributed by atoms with Crippen LogP contribution in [-0.4, -0.2) is 24.9 Å². The minimum Gasteiger partial charge on any atom is -0.264 e. The molecule has 0 unspecified atom stereocenters. The van der Waals surface area contributed by atoms with E-state index in [4.69, 9.17) is 15.0 Å². The van der Waals surface area contributed by atoms with E-state index in [1.165, 1.54) is 0 Å². The van der Waals surface area contributed by atoms with Crippen LogP contribution in [0, 0.1) is 0 Å². The van der Waals surface area contributed by atoms with E-state index in [9.17, 15) is 0 Å². The van der Waals surface area contributed by atoms with Crippen LogP contribution >= 0.6 is 0 Å². The predicted octanol–water partition coefficient (Wildman–Crippen LogP) is 8.66. The summed E-state index contributed by atoms with van der Waals surface area (Å²) >= 11 is 0. The molecule has 0 saturated carbocycles. The van der Waals surface area contributed by atoms with Gasteiger partial charge >= 0.3 is 0 Å². The molecule has 7 rings (SSSR count). The Morgan fingerprint density at radius 1 is 0.286 bits per heavy atom. The average molecular weight is 540 g/mol. The quantitative estimate of drug-likeness (QED) is 0.212. The van der Waals surface area contributed by atoms with Crippen LogP contribution in [0.15, 0.2) is 152 Å². The molecule has 0 N–H and O–H groups in total. The molecule has 0 amide bonds. The fourth-order valence-corrected chi connectivity index (χ4v) is 4.94. The van der Waals surface area contributed by atoms with Crippen molar-refractivity contribution in [1.82, 2.24) is 24.9 Å². The lowest BCUT2D eigenvalue weighted by molar-refractivity contribution is 1.07. The molecule has 4 aromatic carbocycles. The summed E-state index contributed by atoms with van der Waals surface area (Å²) in [5.74, 6) is 1.93. The zero-order valence-electron chi connectivity index (χ0n) is 22.7. The molecule has 5 heteroatoms. The predicted molar refractivity (Wildman–Crippen MR) is 168 cm³/mol. The zero-order chi connectivity index (χ0) is 28.1. The molecule has 0 aliphatic rings. The van der Waals surface area contributed by atoms with Gasteiger partial charge in [-0.2, -0.15) is 0 Å². The van der Waals surface area contributed by atoms with Gasteiger partial charge in [0.1, 0.15) is 0 Å². The molecule has 5 nitrogen and oxygen atoms in total. The largest absolute Gasteiger partial charge is 0.264 e. The smallest absolute Gasteiger partial charge is 0.164 e. The van der Waals surface area contributed by atoms with Gasteiger partial charge in [0.15, 0.2) is 17.5 Å². The van der Waals surface area contributed by atoms with E-state index in [1.807, 2.05) is 85.2 Å². The molecule has 0 atom stereocenters. The Kier molecular flexibility index (Phi) is 6.81. The van der Waals surface area contributed by atoms with Crippen molar-refractivity contribution >= 4 is 0 Å². The van der Waals surface area contributed by atoms with Gasteiger partial charge in [-0.3, -0.25) is 9.97 Å². The van der Waals surface area contributed by atoms with Gasteiger partial charge in [-0.1, -0.05) is 97.1 Å². The van der Waals surface area contributed by atoms with E-state index in [-0.39, 0.29) is 0 Å². The Morgan fingerprint density at radius 3 is 1.05 bits per heavy atom. The van der Waals surface area contributed by atoms with E-state index in [0.29, 0.717) is 17.5 Å². The van der Waals surface area contributed by atoms with Crippen LogP contribution in [0.2, 0.25) is 0 Å². The van der Waals surface area contributed by atoms with Crippen LogP contribution in [0.25, 0.3) is 67.5 Å². The maximum absolute atomic E-state index is 4.87. The maximum Gasteiger partial charge on any atom is 0.164 e. The van der Waals surface area contributed by atoms with Crippen LogP contribution in [0.1, 0.15) is 0 Å². The number of hydrogen-bond acceptors (Lipinski definition) is 5. The van der Waals surface area contributed by atoms with Crippen molar-refractivity contribution in [1.29, 1.82) is 0 Å². The van der Waals surface area contributed by atoms with Crippen molar-refractivity contribution in [3.8, 4) is 67.5 Å². The Morgan fingerprint density at radius 2 is 0.643 bits per heavy atom. The van der Waals surface area contributed by atoms with Crippen molar-refractivity contribution in [2.45, 2.75) is 0 Å². The fraction of sp³-hybridized carbons (Fsp3) is 0. The molecule has 3 heterocycles. The normalized spacial score (nSPS) is 10.9. The molecule has 0 radical (unpaired) electrons. The molecule has 0 aliphatic carbocycles.